The van der Waals surface area contributed by atoms with E-state index in [4.69, 9.17) is 28.5 Å². The molecule has 3 aromatic carbocycles. The number of likely N-dealkylation sites (tertiary alicyclic amines) is 2. The lowest BCUT2D eigenvalue weighted by atomic mass is 9.91. The molecule has 29 heteroatoms. The van der Waals surface area contributed by atoms with Gasteiger partial charge in [-0.05, 0) is 161 Å². The molecule has 8 heterocycles. The van der Waals surface area contributed by atoms with Crippen molar-refractivity contribution in [2.45, 2.75) is 179 Å². The molecule has 2 N–H and O–H groups in total. The first-order valence-electron chi connectivity index (χ1n) is 33.1. The van der Waals surface area contributed by atoms with E-state index >= 15 is 0 Å². The van der Waals surface area contributed by atoms with Crippen LogP contribution >= 0.6 is 0 Å². The van der Waals surface area contributed by atoms with E-state index < -0.39 is 95.0 Å². The zero-order valence-corrected chi connectivity index (χ0v) is 53.8. The quantitative estimate of drug-likeness (QED) is 0.0128. The highest BCUT2D eigenvalue weighted by Gasteiger charge is 2.35. The first kappa shape index (κ1) is 69.5. The molecule has 0 radical (unpaired) electrons. The van der Waals surface area contributed by atoms with Crippen molar-refractivity contribution in [1.29, 1.82) is 0 Å². The number of aryl methyl sites for hydroxylation is 2. The molecule has 4 aromatic heterocycles. The average Bonchev–Trinajstić information content (AvgIpc) is 1.49. The number of halogens is 7. The number of hydrogen-bond acceptors (Lipinski definition) is 18. The number of ether oxygens (including phenoxy) is 3. The Kier molecular flexibility index (Phi) is 22.3. The van der Waals surface area contributed by atoms with Gasteiger partial charge in [0.15, 0.2) is 35.0 Å². The Bertz CT molecular complexity index is 4190. The maximum atomic E-state index is 14.7. The largest absolute Gasteiger partial charge is 0.454 e. The summed E-state index contributed by atoms with van der Waals surface area (Å²) in [6, 6.07) is 7.10. The fraction of sp³-hybridized carbons (Fsp3) is 0.515. The molecule has 0 aliphatic carbocycles. The monoisotopic (exact) mass is 1360 g/mol. The third kappa shape index (κ3) is 16.3. The van der Waals surface area contributed by atoms with Crippen molar-refractivity contribution < 1.29 is 78.0 Å². The Morgan fingerprint density at radius 2 is 1.02 bits per heavy atom. The van der Waals surface area contributed by atoms with Crippen molar-refractivity contribution in [2.24, 2.45) is 0 Å². The number of fused-ring (bicyclic) bond motifs is 4. The van der Waals surface area contributed by atoms with Crippen LogP contribution in [0.25, 0.3) is 21.9 Å². The Morgan fingerprint density at radius 1 is 0.567 bits per heavy atom. The number of aromatic nitrogens is 6. The summed E-state index contributed by atoms with van der Waals surface area (Å²) in [4.78, 5) is 108. The van der Waals surface area contributed by atoms with E-state index in [-0.39, 0.29) is 86.7 Å². The average molecular weight is 1360 g/mol. The van der Waals surface area contributed by atoms with Crippen molar-refractivity contribution >= 4 is 51.7 Å². The number of hydrogen-bond donors (Lipinski definition) is 2. The molecule has 22 nitrogen and oxygen atoms in total. The summed E-state index contributed by atoms with van der Waals surface area (Å²) in [5.41, 5.74) is 4.23. The van der Waals surface area contributed by atoms with E-state index in [1.54, 1.807) is 30.5 Å². The van der Waals surface area contributed by atoms with E-state index in [1.165, 1.54) is 28.8 Å². The predicted octanol–water partition coefficient (Wildman–Crippen LogP) is 9.69. The van der Waals surface area contributed by atoms with Crippen LogP contribution in [0.5, 0.6) is 5.75 Å². The minimum atomic E-state index is -2.48. The van der Waals surface area contributed by atoms with Crippen molar-refractivity contribution in [3.63, 3.8) is 0 Å². The van der Waals surface area contributed by atoms with Crippen LogP contribution in [0.2, 0.25) is 0 Å². The molecule has 11 rings (SSSR count). The summed E-state index contributed by atoms with van der Waals surface area (Å²) < 4.78 is 129. The van der Waals surface area contributed by atoms with Gasteiger partial charge in [0.25, 0.3) is 11.1 Å². The highest BCUT2D eigenvalue weighted by atomic mass is 19.2. The third-order valence-corrected chi connectivity index (χ3v) is 18.8. The van der Waals surface area contributed by atoms with Crippen molar-refractivity contribution in [2.75, 3.05) is 45.8 Å². The highest BCUT2D eigenvalue weighted by Crippen LogP contribution is 2.36. The molecule has 0 saturated carbocycles. The van der Waals surface area contributed by atoms with Gasteiger partial charge in [-0.2, -0.15) is 8.78 Å². The molecule has 3 atom stereocenters. The van der Waals surface area contributed by atoms with Crippen LogP contribution in [0.1, 0.15) is 179 Å². The van der Waals surface area contributed by atoms with Crippen LogP contribution in [0, 0.1) is 54.6 Å². The van der Waals surface area contributed by atoms with Gasteiger partial charge in [-0.3, -0.25) is 37.9 Å². The molecule has 97 heavy (non-hydrogen) atoms. The lowest BCUT2D eigenvalue weighted by Crippen LogP contribution is -2.43. The normalized spacial score (nSPS) is 17.4. The van der Waals surface area contributed by atoms with Crippen LogP contribution < -0.4 is 26.5 Å². The second-order valence-electron chi connectivity index (χ2n) is 25.4. The summed E-state index contributed by atoms with van der Waals surface area (Å²) >= 11 is 0. The van der Waals surface area contributed by atoms with E-state index in [9.17, 15) is 64.3 Å². The standard InChI is InChI=1S/C68H75F7N10O12/c1-37-43(24-33-82-29-20-39(21-30-82)61-45-18-16-41(69)35-50(45)96-80-61)66(90)84-27-7-10-48(64(84)77-37)93-54(88)14-5-12-52(86)76-26-4-3-9-47(68(92)95-63-59(74)57(72)56(71)58(73)60(63)75)79-53(87)13-6-15-55(89)94-49-11-8-28-85-65(49)78-38(2)44(67(85)91)25-34-83-31-22-40(23-32-83)62-46-19-17-42(70)36-51(46)97-81-62/h16-19,35-36,39-40,47-49H,3-15,20-34H2,1-2H3,(H,76,86)(H,79,87). The number of rotatable bonds is 26. The topological polar surface area (TPSA) is 265 Å². The van der Waals surface area contributed by atoms with Crippen molar-refractivity contribution in [3.05, 3.63) is 143 Å². The molecular formula is C68H75F7N10O12. The number of carbonyl (C=O) groups is 5. The maximum absolute atomic E-state index is 14.7. The van der Waals surface area contributed by atoms with E-state index in [0.717, 1.165) is 74.0 Å². The zero-order valence-electron chi connectivity index (χ0n) is 53.8. The number of carbonyl (C=O) groups excluding carboxylic acids is 5. The van der Waals surface area contributed by atoms with Gasteiger partial charge in [0.05, 0.1) is 11.4 Å². The number of nitrogens with zero attached hydrogens (tertiary/aromatic N) is 8. The van der Waals surface area contributed by atoms with Gasteiger partial charge in [-0.15, -0.1) is 0 Å². The second kappa shape index (κ2) is 31.1. The van der Waals surface area contributed by atoms with Gasteiger partial charge >= 0.3 is 17.9 Å². The van der Waals surface area contributed by atoms with Gasteiger partial charge in [-0.25, -0.2) is 36.7 Å². The number of benzene rings is 3. The van der Waals surface area contributed by atoms with Crippen molar-refractivity contribution in [3.8, 4) is 5.75 Å². The maximum Gasteiger partial charge on any atom is 0.334 e. The molecule has 3 unspecified atom stereocenters. The Balaban J connectivity index is 0.606. The van der Waals surface area contributed by atoms with Crippen molar-refractivity contribution in [1.82, 2.24) is 49.8 Å². The lowest BCUT2D eigenvalue weighted by Gasteiger charge is -2.31. The fourth-order valence-corrected chi connectivity index (χ4v) is 13.5. The lowest BCUT2D eigenvalue weighted by molar-refractivity contribution is -0.152. The summed E-state index contributed by atoms with van der Waals surface area (Å²) in [5, 5.41) is 15.1. The second-order valence-corrected chi connectivity index (χ2v) is 25.4. The smallest absolute Gasteiger partial charge is 0.334 e. The molecule has 518 valence electrons. The highest BCUT2D eigenvalue weighted by molar-refractivity contribution is 5.86. The van der Waals surface area contributed by atoms with E-state index in [1.807, 2.05) is 0 Å². The van der Waals surface area contributed by atoms with Crippen LogP contribution in [0.3, 0.4) is 0 Å². The summed E-state index contributed by atoms with van der Waals surface area (Å²) in [6.45, 7) is 8.59. The minimum Gasteiger partial charge on any atom is -0.454 e. The summed E-state index contributed by atoms with van der Waals surface area (Å²) in [7, 11) is 0. The third-order valence-electron chi connectivity index (χ3n) is 18.8. The Morgan fingerprint density at radius 3 is 1.49 bits per heavy atom. The van der Waals surface area contributed by atoms with Gasteiger partial charge in [-0.1, -0.05) is 10.3 Å². The van der Waals surface area contributed by atoms with E-state index in [0.29, 0.717) is 110 Å². The summed E-state index contributed by atoms with van der Waals surface area (Å²) in [6.07, 6.45) is 3.40. The molecular weight excluding hydrogens is 1280 g/mol. The number of unbranched alkanes of at least 4 members (excludes halogenated alkanes) is 1. The first-order valence-corrected chi connectivity index (χ1v) is 33.1. The predicted molar refractivity (Wildman–Crippen MR) is 333 cm³/mol. The molecule has 2 fully saturated rings. The van der Waals surface area contributed by atoms with Gasteiger partial charge < -0.3 is 43.7 Å². The molecule has 0 spiro atoms. The number of amides is 2. The number of nitrogens with one attached hydrogen (secondary N) is 2. The van der Waals surface area contributed by atoms with Gasteiger partial charge in [0, 0.05) is 116 Å². The fourth-order valence-electron chi connectivity index (χ4n) is 13.5. The van der Waals surface area contributed by atoms with E-state index in [2.05, 4.69) is 35.5 Å². The van der Waals surface area contributed by atoms with Gasteiger partial charge in [0.2, 0.25) is 46.6 Å². The van der Waals surface area contributed by atoms with Crippen LogP contribution in [0.15, 0.2) is 55.0 Å². The SMILES string of the molecule is Cc1nc2n(c(=O)c1CCN1CCC(c3noc4cc(F)ccc34)CC1)CCCC2OC(=O)CCCC(=O)NCCCCC(NC(=O)CCCC(=O)OC1CCCn2c1nc(C)c(CCN1CCC(c3noc4cc(F)ccc34)CC1)c2=O)C(=O)Oc1c(F)c(F)c(F)c(F)c1F. The molecule has 4 aliphatic rings. The van der Waals surface area contributed by atoms with Crippen LogP contribution in [-0.4, -0.2) is 121 Å². The molecule has 7 aromatic rings. The Hall–Kier alpha value is -8.86. The zero-order chi connectivity index (χ0) is 68.6. The molecule has 2 saturated heterocycles. The van der Waals surface area contributed by atoms with Crippen LogP contribution in [-0.2, 0) is 59.4 Å². The number of esters is 3. The minimum absolute atomic E-state index is 0.0243. The van der Waals surface area contributed by atoms with Gasteiger partial charge in [0.1, 0.15) is 17.7 Å². The number of piperidine rings is 2. The molecule has 4 aliphatic heterocycles. The Labute approximate surface area is 551 Å². The molecule has 2 amide bonds. The molecule has 0 bridgehead atoms. The van der Waals surface area contributed by atoms with Crippen LogP contribution in [0.4, 0.5) is 30.7 Å². The first-order chi connectivity index (χ1) is 46.7. The summed E-state index contributed by atoms with van der Waals surface area (Å²) in [5.74, 6) is -17.9.